The summed E-state index contributed by atoms with van der Waals surface area (Å²) < 4.78 is 5.46. The van der Waals surface area contributed by atoms with Gasteiger partial charge >= 0.3 is 5.97 Å². The Labute approximate surface area is 163 Å². The van der Waals surface area contributed by atoms with Gasteiger partial charge < -0.3 is 9.84 Å². The van der Waals surface area contributed by atoms with Crippen molar-refractivity contribution in [2.75, 3.05) is 6.61 Å². The van der Waals surface area contributed by atoms with Gasteiger partial charge in [-0.15, -0.1) is 0 Å². The molecule has 2 aliphatic rings. The number of carbonyl (C=O) groups excluding carboxylic acids is 1. The van der Waals surface area contributed by atoms with Gasteiger partial charge in [-0.1, -0.05) is 57.2 Å². The van der Waals surface area contributed by atoms with Gasteiger partial charge in [-0.05, 0) is 60.6 Å². The van der Waals surface area contributed by atoms with Gasteiger partial charge in [0.15, 0.2) is 0 Å². The number of carbonyl (C=O) groups is 1. The average Bonchev–Trinajstić information content (AvgIpc) is 2.68. The van der Waals surface area contributed by atoms with Gasteiger partial charge in [-0.25, -0.2) is 4.79 Å². The summed E-state index contributed by atoms with van der Waals surface area (Å²) in [6.07, 6.45) is 9.45. The second-order valence-corrected chi connectivity index (χ2v) is 8.57. The minimum atomic E-state index is -0.639. The lowest BCUT2D eigenvalue weighted by molar-refractivity contribution is -0.137. The van der Waals surface area contributed by atoms with E-state index < -0.39 is 5.60 Å². The summed E-state index contributed by atoms with van der Waals surface area (Å²) in [5.41, 5.74) is 1.48. The van der Waals surface area contributed by atoms with Crippen LogP contribution in [0.15, 0.2) is 48.1 Å². The molecular formula is C24H32O3. The first kappa shape index (κ1) is 19.9. The molecule has 0 aromatic heterocycles. The predicted molar refractivity (Wildman–Crippen MR) is 109 cm³/mol. The van der Waals surface area contributed by atoms with E-state index in [1.807, 2.05) is 30.3 Å². The maximum atomic E-state index is 12.0. The SMILES string of the molecule is CC(C)[C@@]1(O)CC[C@@H](C)[C@@H]2CCC(COC(=O)/C=C\c3ccccc3)=C[C@@H]21. The van der Waals surface area contributed by atoms with Crippen LogP contribution in [0.3, 0.4) is 0 Å². The number of hydrogen-bond acceptors (Lipinski definition) is 3. The van der Waals surface area contributed by atoms with Crippen molar-refractivity contribution in [2.45, 2.75) is 52.1 Å². The van der Waals surface area contributed by atoms with Crippen LogP contribution in [0.2, 0.25) is 0 Å². The number of rotatable bonds is 5. The van der Waals surface area contributed by atoms with E-state index in [1.54, 1.807) is 6.08 Å². The van der Waals surface area contributed by atoms with E-state index in [0.29, 0.717) is 18.4 Å². The largest absolute Gasteiger partial charge is 0.458 e. The summed E-state index contributed by atoms with van der Waals surface area (Å²) in [6.45, 7) is 6.86. The molecule has 3 nitrogen and oxygen atoms in total. The Kier molecular flexibility index (Phi) is 6.21. The average molecular weight is 369 g/mol. The molecule has 3 heteroatoms. The Morgan fingerprint density at radius 2 is 2.04 bits per heavy atom. The van der Waals surface area contributed by atoms with E-state index in [1.165, 1.54) is 6.08 Å². The summed E-state index contributed by atoms with van der Waals surface area (Å²) in [7, 11) is 0. The van der Waals surface area contributed by atoms with Gasteiger partial charge in [-0.3, -0.25) is 0 Å². The van der Waals surface area contributed by atoms with Crippen molar-refractivity contribution < 1.29 is 14.6 Å². The molecule has 0 bridgehead atoms. The molecule has 2 aliphatic carbocycles. The highest BCUT2D eigenvalue weighted by molar-refractivity contribution is 5.87. The first-order chi connectivity index (χ1) is 12.9. The summed E-state index contributed by atoms with van der Waals surface area (Å²) in [6, 6.07) is 9.72. The van der Waals surface area contributed by atoms with Crippen LogP contribution < -0.4 is 0 Å². The molecule has 146 valence electrons. The second kappa shape index (κ2) is 8.43. The topological polar surface area (TPSA) is 46.5 Å². The molecule has 1 aromatic rings. The normalized spacial score (nSPS) is 30.9. The number of aliphatic hydroxyl groups is 1. The summed E-state index contributed by atoms with van der Waals surface area (Å²) in [4.78, 5) is 12.0. The highest BCUT2D eigenvalue weighted by Crippen LogP contribution is 2.50. The van der Waals surface area contributed by atoms with Crippen LogP contribution >= 0.6 is 0 Å². The lowest BCUT2D eigenvalue weighted by Gasteiger charge is -2.51. The van der Waals surface area contributed by atoms with E-state index in [2.05, 4.69) is 26.8 Å². The quantitative estimate of drug-likeness (QED) is 0.451. The maximum absolute atomic E-state index is 12.0. The zero-order valence-electron chi connectivity index (χ0n) is 16.7. The molecule has 1 saturated carbocycles. The van der Waals surface area contributed by atoms with Gasteiger partial charge in [0.05, 0.1) is 5.60 Å². The number of hydrogen-bond donors (Lipinski definition) is 1. The third-order valence-electron chi connectivity index (χ3n) is 6.59. The Balaban J connectivity index is 1.63. The van der Waals surface area contributed by atoms with Crippen molar-refractivity contribution in [3.63, 3.8) is 0 Å². The van der Waals surface area contributed by atoms with E-state index in [4.69, 9.17) is 4.74 Å². The fourth-order valence-corrected chi connectivity index (χ4v) is 4.72. The second-order valence-electron chi connectivity index (χ2n) is 8.57. The monoisotopic (exact) mass is 368 g/mol. The molecule has 3 rings (SSSR count). The molecular weight excluding hydrogens is 336 g/mol. The molecule has 0 amide bonds. The number of esters is 1. The summed E-state index contributed by atoms with van der Waals surface area (Å²) in [5, 5.41) is 11.3. The maximum Gasteiger partial charge on any atom is 0.331 e. The zero-order valence-corrected chi connectivity index (χ0v) is 16.7. The van der Waals surface area contributed by atoms with Gasteiger partial charge in [0.25, 0.3) is 0 Å². The van der Waals surface area contributed by atoms with Gasteiger partial charge in [0, 0.05) is 12.0 Å². The Bertz CT molecular complexity index is 704. The zero-order chi connectivity index (χ0) is 19.4. The molecule has 0 heterocycles. The number of ether oxygens (including phenoxy) is 1. The smallest absolute Gasteiger partial charge is 0.331 e. The van der Waals surface area contributed by atoms with E-state index in [0.717, 1.165) is 36.8 Å². The predicted octanol–water partition coefficient (Wildman–Crippen LogP) is 5.01. The molecule has 1 N–H and O–H groups in total. The van der Waals surface area contributed by atoms with Gasteiger partial charge in [0.2, 0.25) is 0 Å². The Morgan fingerprint density at radius 3 is 2.74 bits per heavy atom. The lowest BCUT2D eigenvalue weighted by Crippen LogP contribution is -2.51. The molecule has 0 saturated heterocycles. The Hall–Kier alpha value is -1.87. The van der Waals surface area contributed by atoms with Crippen LogP contribution in [0.25, 0.3) is 6.08 Å². The standard InChI is InChI=1S/C24H32O3/c1-17(2)24(26)14-13-18(3)21-11-9-20(15-22(21)24)16-27-23(25)12-10-19-7-5-4-6-8-19/h4-8,10,12,15,17-18,21-22,26H,9,11,13-14,16H2,1-3H3/b12-10-/t18-,21+,22+,24+/m1/s1. The van der Waals surface area contributed by atoms with Gasteiger partial charge in [-0.2, -0.15) is 0 Å². The van der Waals surface area contributed by atoms with Crippen LogP contribution in [0.1, 0.15) is 52.0 Å². The fraction of sp³-hybridized carbons (Fsp3) is 0.542. The third kappa shape index (κ3) is 4.52. The molecule has 1 fully saturated rings. The van der Waals surface area contributed by atoms with E-state index in [-0.39, 0.29) is 17.8 Å². The van der Waals surface area contributed by atoms with Crippen molar-refractivity contribution in [2.24, 2.45) is 23.7 Å². The van der Waals surface area contributed by atoms with Gasteiger partial charge in [0.1, 0.15) is 6.61 Å². The number of benzene rings is 1. The molecule has 0 unspecified atom stereocenters. The van der Waals surface area contributed by atoms with Crippen LogP contribution in [-0.2, 0) is 9.53 Å². The van der Waals surface area contributed by atoms with Crippen LogP contribution in [-0.4, -0.2) is 23.3 Å². The minimum absolute atomic E-state index is 0.170. The lowest BCUT2D eigenvalue weighted by atomic mass is 9.58. The van der Waals surface area contributed by atoms with Crippen molar-refractivity contribution >= 4 is 12.0 Å². The van der Waals surface area contributed by atoms with E-state index >= 15 is 0 Å². The molecule has 27 heavy (non-hydrogen) atoms. The van der Waals surface area contributed by atoms with Crippen LogP contribution in [0.5, 0.6) is 0 Å². The number of fused-ring (bicyclic) bond motifs is 1. The van der Waals surface area contributed by atoms with E-state index in [9.17, 15) is 9.90 Å². The highest BCUT2D eigenvalue weighted by Gasteiger charge is 2.48. The van der Waals surface area contributed by atoms with Crippen molar-refractivity contribution in [1.29, 1.82) is 0 Å². The van der Waals surface area contributed by atoms with Crippen LogP contribution in [0.4, 0.5) is 0 Å². The summed E-state index contributed by atoms with van der Waals surface area (Å²) >= 11 is 0. The van der Waals surface area contributed by atoms with Crippen molar-refractivity contribution in [3.05, 3.63) is 53.6 Å². The molecule has 0 spiro atoms. The molecule has 1 aromatic carbocycles. The molecule has 4 atom stereocenters. The summed E-state index contributed by atoms with van der Waals surface area (Å²) in [5.74, 6) is 1.25. The first-order valence-corrected chi connectivity index (χ1v) is 10.2. The highest BCUT2D eigenvalue weighted by atomic mass is 16.5. The fourth-order valence-electron chi connectivity index (χ4n) is 4.72. The van der Waals surface area contributed by atoms with Crippen molar-refractivity contribution in [1.82, 2.24) is 0 Å². The minimum Gasteiger partial charge on any atom is -0.458 e. The third-order valence-corrected chi connectivity index (χ3v) is 6.59. The molecule has 0 radical (unpaired) electrons. The van der Waals surface area contributed by atoms with Crippen LogP contribution in [0, 0.1) is 23.7 Å². The first-order valence-electron chi connectivity index (χ1n) is 10.2. The van der Waals surface area contributed by atoms with Crippen molar-refractivity contribution in [3.8, 4) is 0 Å². The Morgan fingerprint density at radius 1 is 1.30 bits per heavy atom. The molecule has 0 aliphatic heterocycles.